The van der Waals surface area contributed by atoms with Crippen LogP contribution >= 0.6 is 0 Å². The summed E-state index contributed by atoms with van der Waals surface area (Å²) in [5.41, 5.74) is 3.45. The monoisotopic (exact) mass is 298 g/mol. The Bertz CT molecular complexity index is 693. The Labute approximate surface area is 130 Å². The fourth-order valence-corrected chi connectivity index (χ4v) is 2.93. The first kappa shape index (κ1) is 14.8. The lowest BCUT2D eigenvalue weighted by atomic mass is 9.86. The van der Waals surface area contributed by atoms with Crippen LogP contribution in [0.25, 0.3) is 11.3 Å². The predicted molar refractivity (Wildman–Crippen MR) is 85.8 cm³/mol. The van der Waals surface area contributed by atoms with E-state index in [2.05, 4.69) is 50.0 Å². The molecule has 0 bridgehead atoms. The summed E-state index contributed by atoms with van der Waals surface area (Å²) in [6.45, 7) is 7.12. The highest BCUT2D eigenvalue weighted by Crippen LogP contribution is 2.28. The van der Waals surface area contributed by atoms with Crippen LogP contribution in [-0.4, -0.2) is 20.6 Å². The second kappa shape index (κ2) is 5.27. The predicted octanol–water partition coefficient (Wildman–Crippen LogP) is 3.49. The highest BCUT2D eigenvalue weighted by Gasteiger charge is 2.25. The lowest BCUT2D eigenvalue weighted by molar-refractivity contribution is -0.142. The van der Waals surface area contributed by atoms with E-state index in [1.807, 2.05) is 10.8 Å². The van der Waals surface area contributed by atoms with Gasteiger partial charge in [-0.15, -0.1) is 0 Å². The van der Waals surface area contributed by atoms with Crippen LogP contribution in [0.15, 0.2) is 30.5 Å². The van der Waals surface area contributed by atoms with Gasteiger partial charge < -0.3 is 9.67 Å². The zero-order valence-electron chi connectivity index (χ0n) is 13.3. The number of carboxylic acid groups (broad SMARTS) is 1. The number of aromatic nitrogens is 2. The third-order valence-corrected chi connectivity index (χ3v) is 4.39. The van der Waals surface area contributed by atoms with E-state index in [0.717, 1.165) is 23.5 Å². The van der Waals surface area contributed by atoms with Gasteiger partial charge in [0.05, 0.1) is 11.6 Å². The van der Waals surface area contributed by atoms with Gasteiger partial charge >= 0.3 is 5.97 Å². The number of fused-ring (bicyclic) bond motifs is 1. The summed E-state index contributed by atoms with van der Waals surface area (Å²) in [6, 6.07) is 8.49. The van der Waals surface area contributed by atoms with Crippen molar-refractivity contribution in [1.29, 1.82) is 0 Å². The molecule has 1 N–H and O–H groups in total. The van der Waals surface area contributed by atoms with Crippen LogP contribution in [0.3, 0.4) is 0 Å². The average Bonchev–Trinajstić information content (AvgIpc) is 2.89. The van der Waals surface area contributed by atoms with Gasteiger partial charge in [0.15, 0.2) is 0 Å². The van der Waals surface area contributed by atoms with E-state index in [0.29, 0.717) is 13.0 Å². The van der Waals surface area contributed by atoms with Crippen molar-refractivity contribution >= 4 is 5.97 Å². The number of benzene rings is 1. The molecule has 0 saturated carbocycles. The maximum atomic E-state index is 11.1. The molecule has 4 nitrogen and oxygen atoms in total. The molecule has 0 amide bonds. The van der Waals surface area contributed by atoms with Crippen LogP contribution in [0.5, 0.6) is 0 Å². The molecule has 0 fully saturated rings. The van der Waals surface area contributed by atoms with E-state index in [4.69, 9.17) is 5.11 Å². The first-order valence-electron chi connectivity index (χ1n) is 7.74. The van der Waals surface area contributed by atoms with Gasteiger partial charge in [0.2, 0.25) is 0 Å². The lowest BCUT2D eigenvalue weighted by Crippen LogP contribution is -2.26. The summed E-state index contributed by atoms with van der Waals surface area (Å²) in [5, 5.41) is 9.16. The molecule has 0 spiro atoms. The SMILES string of the molecule is CC(C)(C)c1ccc(-c2cn3c(n2)CCC(C(=O)O)C3)cc1. The highest BCUT2D eigenvalue weighted by molar-refractivity contribution is 5.70. The normalized spacial score (nSPS) is 18.0. The van der Waals surface area contributed by atoms with Gasteiger partial charge in [0.1, 0.15) is 5.82 Å². The van der Waals surface area contributed by atoms with Gasteiger partial charge in [0.25, 0.3) is 0 Å². The van der Waals surface area contributed by atoms with Crippen molar-refractivity contribution in [2.24, 2.45) is 5.92 Å². The molecule has 0 saturated heterocycles. The molecule has 1 aromatic carbocycles. The van der Waals surface area contributed by atoms with Crippen molar-refractivity contribution < 1.29 is 9.90 Å². The second-order valence-corrected chi connectivity index (χ2v) is 7.10. The topological polar surface area (TPSA) is 55.1 Å². The second-order valence-electron chi connectivity index (χ2n) is 7.10. The first-order chi connectivity index (χ1) is 10.3. The van der Waals surface area contributed by atoms with E-state index in [1.165, 1.54) is 5.56 Å². The molecular weight excluding hydrogens is 276 g/mol. The van der Waals surface area contributed by atoms with Crippen LogP contribution in [0.4, 0.5) is 0 Å². The number of aryl methyl sites for hydroxylation is 1. The van der Waals surface area contributed by atoms with Crippen LogP contribution in [-0.2, 0) is 23.2 Å². The molecule has 2 aromatic rings. The zero-order valence-corrected chi connectivity index (χ0v) is 13.3. The Hall–Kier alpha value is -2.10. The van der Waals surface area contributed by atoms with Gasteiger partial charge in [-0.25, -0.2) is 4.98 Å². The van der Waals surface area contributed by atoms with Crippen molar-refractivity contribution in [2.75, 3.05) is 0 Å². The van der Waals surface area contributed by atoms with Crippen molar-refractivity contribution in [3.8, 4) is 11.3 Å². The molecule has 1 aliphatic heterocycles. The Morgan fingerprint density at radius 2 is 1.95 bits per heavy atom. The number of carbonyl (C=O) groups is 1. The maximum absolute atomic E-state index is 11.1. The standard InChI is InChI=1S/C18H22N2O2/c1-18(2,3)14-7-4-12(5-8-14)15-11-20-10-13(17(21)22)6-9-16(20)19-15/h4-5,7-8,11,13H,6,9-10H2,1-3H3,(H,21,22). The minimum atomic E-state index is -0.713. The van der Waals surface area contributed by atoms with Crippen molar-refractivity contribution in [1.82, 2.24) is 9.55 Å². The molecule has 116 valence electrons. The van der Waals surface area contributed by atoms with Crippen LogP contribution < -0.4 is 0 Å². The molecule has 3 rings (SSSR count). The van der Waals surface area contributed by atoms with E-state index in [-0.39, 0.29) is 11.3 Å². The quantitative estimate of drug-likeness (QED) is 0.923. The molecule has 1 aliphatic rings. The van der Waals surface area contributed by atoms with Crippen LogP contribution in [0.2, 0.25) is 0 Å². The largest absolute Gasteiger partial charge is 0.481 e. The number of hydrogen-bond acceptors (Lipinski definition) is 2. The molecular formula is C18H22N2O2. The summed E-state index contributed by atoms with van der Waals surface area (Å²) < 4.78 is 2.00. The fraction of sp³-hybridized carbons (Fsp3) is 0.444. The summed E-state index contributed by atoms with van der Waals surface area (Å²) >= 11 is 0. The summed E-state index contributed by atoms with van der Waals surface area (Å²) in [5.74, 6) is -0.0133. The summed E-state index contributed by atoms with van der Waals surface area (Å²) in [4.78, 5) is 15.8. The molecule has 1 aromatic heterocycles. The fourth-order valence-electron chi connectivity index (χ4n) is 2.93. The first-order valence-corrected chi connectivity index (χ1v) is 7.74. The minimum Gasteiger partial charge on any atom is -0.481 e. The number of imidazole rings is 1. The number of hydrogen-bond donors (Lipinski definition) is 1. The average molecular weight is 298 g/mol. The number of rotatable bonds is 2. The highest BCUT2D eigenvalue weighted by atomic mass is 16.4. The molecule has 1 unspecified atom stereocenters. The van der Waals surface area contributed by atoms with Gasteiger partial charge in [0, 0.05) is 24.7 Å². The third-order valence-electron chi connectivity index (χ3n) is 4.39. The number of aliphatic carboxylic acids is 1. The summed E-state index contributed by atoms with van der Waals surface area (Å²) in [7, 11) is 0. The zero-order chi connectivity index (χ0) is 15.9. The molecule has 0 aliphatic carbocycles. The Balaban J connectivity index is 1.87. The van der Waals surface area contributed by atoms with Crippen molar-refractivity contribution in [3.05, 3.63) is 41.9 Å². The Kier molecular flexibility index (Phi) is 3.55. The van der Waals surface area contributed by atoms with Crippen molar-refractivity contribution in [2.45, 2.75) is 45.6 Å². The van der Waals surface area contributed by atoms with Gasteiger partial charge in [-0.05, 0) is 17.4 Å². The van der Waals surface area contributed by atoms with E-state index in [9.17, 15) is 4.79 Å². The number of nitrogens with zero attached hydrogens (tertiary/aromatic N) is 2. The molecule has 2 heterocycles. The van der Waals surface area contributed by atoms with E-state index >= 15 is 0 Å². The van der Waals surface area contributed by atoms with Gasteiger partial charge in [-0.1, -0.05) is 45.0 Å². The Morgan fingerprint density at radius 3 is 2.55 bits per heavy atom. The van der Waals surface area contributed by atoms with E-state index < -0.39 is 5.97 Å². The van der Waals surface area contributed by atoms with Crippen molar-refractivity contribution in [3.63, 3.8) is 0 Å². The van der Waals surface area contributed by atoms with Crippen LogP contribution in [0, 0.1) is 5.92 Å². The van der Waals surface area contributed by atoms with Gasteiger partial charge in [-0.3, -0.25) is 4.79 Å². The minimum absolute atomic E-state index is 0.140. The van der Waals surface area contributed by atoms with Gasteiger partial charge in [-0.2, -0.15) is 0 Å². The molecule has 4 heteroatoms. The maximum Gasteiger partial charge on any atom is 0.308 e. The number of carboxylic acids is 1. The Morgan fingerprint density at radius 1 is 1.27 bits per heavy atom. The lowest BCUT2D eigenvalue weighted by Gasteiger charge is -2.19. The molecule has 1 atom stereocenters. The smallest absolute Gasteiger partial charge is 0.308 e. The van der Waals surface area contributed by atoms with Crippen LogP contribution in [0.1, 0.15) is 38.6 Å². The molecule has 22 heavy (non-hydrogen) atoms. The molecule has 0 radical (unpaired) electrons. The van der Waals surface area contributed by atoms with E-state index in [1.54, 1.807) is 0 Å². The summed E-state index contributed by atoms with van der Waals surface area (Å²) in [6.07, 6.45) is 3.39. The third kappa shape index (κ3) is 2.78.